The van der Waals surface area contributed by atoms with Crippen LogP contribution >= 0.6 is 23.2 Å². The predicted molar refractivity (Wildman–Crippen MR) is 94.7 cm³/mol. The summed E-state index contributed by atoms with van der Waals surface area (Å²) in [7, 11) is -4.10. The van der Waals surface area contributed by atoms with Crippen LogP contribution in [-0.2, 0) is 14.8 Å². The smallest absolute Gasteiger partial charge is 0.289 e. The lowest BCUT2D eigenvalue weighted by Gasteiger charge is -2.11. The van der Waals surface area contributed by atoms with Crippen molar-refractivity contribution < 1.29 is 18.1 Å². The molecule has 0 aliphatic heterocycles. The maximum Gasteiger partial charge on any atom is 0.289 e. The average molecular weight is 404 g/mol. The van der Waals surface area contributed by atoms with Gasteiger partial charge < -0.3 is 5.32 Å². The summed E-state index contributed by atoms with van der Waals surface area (Å²) in [4.78, 5) is 20.8. The molecule has 0 saturated carbocycles. The normalized spacial score (nSPS) is 11.0. The van der Waals surface area contributed by atoms with E-state index in [1.807, 2.05) is 0 Å². The third-order valence-corrected chi connectivity index (χ3v) is 4.97. The standard InChI is InChI=1S/C14H11Cl2N3O5S/c1-8(20)17-13-5-2-9(6-12(13)16)18-25(23,24)10-3-4-11(15)14(7-10)19(21)22/h2-7,18H,1H3,(H,17,20). The van der Waals surface area contributed by atoms with Gasteiger partial charge in [-0.05, 0) is 30.3 Å². The lowest BCUT2D eigenvalue weighted by Crippen LogP contribution is -2.13. The number of benzene rings is 2. The topological polar surface area (TPSA) is 118 Å². The number of nitrogens with zero attached hydrogens (tertiary/aromatic N) is 1. The Balaban J connectivity index is 2.33. The van der Waals surface area contributed by atoms with Gasteiger partial charge in [0, 0.05) is 13.0 Å². The third kappa shape index (κ3) is 4.59. The molecular weight excluding hydrogens is 393 g/mol. The summed E-state index contributed by atoms with van der Waals surface area (Å²) < 4.78 is 27.0. The Hall–Kier alpha value is -2.36. The highest BCUT2D eigenvalue weighted by Crippen LogP contribution is 2.30. The minimum absolute atomic E-state index is 0.122. The Morgan fingerprint density at radius 1 is 1.12 bits per heavy atom. The first-order valence-corrected chi connectivity index (χ1v) is 8.88. The van der Waals surface area contributed by atoms with Gasteiger partial charge in [0.25, 0.3) is 15.7 Å². The molecule has 25 heavy (non-hydrogen) atoms. The van der Waals surface area contributed by atoms with Crippen LogP contribution < -0.4 is 10.0 Å². The first-order chi connectivity index (χ1) is 11.6. The van der Waals surface area contributed by atoms with E-state index in [1.54, 1.807) is 0 Å². The summed E-state index contributed by atoms with van der Waals surface area (Å²) in [5.41, 5.74) is -0.0838. The van der Waals surface area contributed by atoms with Crippen molar-refractivity contribution in [2.45, 2.75) is 11.8 Å². The van der Waals surface area contributed by atoms with E-state index in [2.05, 4.69) is 10.0 Å². The summed E-state index contributed by atoms with van der Waals surface area (Å²) in [5, 5.41) is 13.3. The zero-order valence-electron chi connectivity index (χ0n) is 12.6. The molecule has 11 heteroatoms. The molecule has 0 aliphatic carbocycles. The van der Waals surface area contributed by atoms with Gasteiger partial charge in [-0.25, -0.2) is 8.42 Å². The Labute approximate surface area is 152 Å². The van der Waals surface area contributed by atoms with Crippen LogP contribution in [0, 0.1) is 10.1 Å². The van der Waals surface area contributed by atoms with Gasteiger partial charge in [0.2, 0.25) is 5.91 Å². The third-order valence-electron chi connectivity index (χ3n) is 2.96. The zero-order chi connectivity index (χ0) is 18.8. The van der Waals surface area contributed by atoms with Gasteiger partial charge in [-0.1, -0.05) is 23.2 Å². The summed E-state index contributed by atoms with van der Waals surface area (Å²) in [6.07, 6.45) is 0. The van der Waals surface area contributed by atoms with Gasteiger partial charge in [0.15, 0.2) is 0 Å². The second-order valence-corrected chi connectivity index (χ2v) is 7.35. The molecule has 2 N–H and O–H groups in total. The van der Waals surface area contributed by atoms with Crippen LogP contribution in [0.5, 0.6) is 0 Å². The largest absolute Gasteiger partial charge is 0.325 e. The molecule has 0 radical (unpaired) electrons. The molecule has 0 heterocycles. The van der Waals surface area contributed by atoms with E-state index in [1.165, 1.54) is 25.1 Å². The van der Waals surface area contributed by atoms with Crippen molar-refractivity contribution in [3.05, 3.63) is 56.6 Å². The number of carbonyl (C=O) groups is 1. The van der Waals surface area contributed by atoms with Gasteiger partial charge in [0.1, 0.15) is 5.02 Å². The molecule has 1 amide bonds. The Bertz CT molecular complexity index is 963. The maximum absolute atomic E-state index is 12.4. The highest BCUT2D eigenvalue weighted by Gasteiger charge is 2.21. The van der Waals surface area contributed by atoms with Gasteiger partial charge in [-0.15, -0.1) is 0 Å². The van der Waals surface area contributed by atoms with Crippen LogP contribution in [0.25, 0.3) is 0 Å². The van der Waals surface area contributed by atoms with E-state index in [0.717, 1.165) is 18.2 Å². The lowest BCUT2D eigenvalue weighted by molar-refractivity contribution is -0.384. The van der Waals surface area contributed by atoms with Gasteiger partial charge >= 0.3 is 0 Å². The van der Waals surface area contributed by atoms with E-state index < -0.39 is 20.6 Å². The number of hydrogen-bond donors (Lipinski definition) is 2. The van der Waals surface area contributed by atoms with Crippen molar-refractivity contribution in [3.63, 3.8) is 0 Å². The molecule has 0 unspecified atom stereocenters. The van der Waals surface area contributed by atoms with Gasteiger partial charge in [0.05, 0.1) is 26.2 Å². The lowest BCUT2D eigenvalue weighted by atomic mass is 10.3. The molecule has 0 aliphatic rings. The number of rotatable bonds is 5. The van der Waals surface area contributed by atoms with Crippen LogP contribution in [0.2, 0.25) is 10.0 Å². The van der Waals surface area contributed by atoms with E-state index in [4.69, 9.17) is 23.2 Å². The van der Waals surface area contributed by atoms with Gasteiger partial charge in [-0.3, -0.25) is 19.6 Å². The number of hydrogen-bond acceptors (Lipinski definition) is 5. The Kier molecular flexibility index (Phi) is 5.51. The minimum Gasteiger partial charge on any atom is -0.325 e. The molecule has 2 rings (SSSR count). The molecule has 132 valence electrons. The van der Waals surface area contributed by atoms with Crippen molar-refractivity contribution in [1.82, 2.24) is 0 Å². The van der Waals surface area contributed by atoms with Crippen molar-refractivity contribution in [3.8, 4) is 0 Å². The molecule has 0 atom stereocenters. The second-order valence-electron chi connectivity index (χ2n) is 4.85. The highest BCUT2D eigenvalue weighted by molar-refractivity contribution is 7.92. The number of carbonyl (C=O) groups excluding carboxylic acids is 1. The summed E-state index contributed by atoms with van der Waals surface area (Å²) in [6, 6.07) is 7.24. The summed E-state index contributed by atoms with van der Waals surface area (Å²) in [6.45, 7) is 1.31. The quantitative estimate of drug-likeness (QED) is 0.582. The number of nitro benzene ring substituents is 1. The molecule has 2 aromatic rings. The molecule has 0 bridgehead atoms. The van der Waals surface area contributed by atoms with Crippen molar-refractivity contribution in [1.29, 1.82) is 0 Å². The van der Waals surface area contributed by atoms with Crippen molar-refractivity contribution in [2.75, 3.05) is 10.0 Å². The van der Waals surface area contributed by atoms with Crippen LogP contribution in [0.4, 0.5) is 17.1 Å². The Morgan fingerprint density at radius 2 is 1.80 bits per heavy atom. The fourth-order valence-corrected chi connectivity index (χ4v) is 3.37. The number of nitro groups is 1. The van der Waals surface area contributed by atoms with Crippen molar-refractivity contribution in [2.24, 2.45) is 0 Å². The van der Waals surface area contributed by atoms with E-state index in [0.29, 0.717) is 5.69 Å². The van der Waals surface area contributed by atoms with E-state index >= 15 is 0 Å². The number of halogens is 2. The van der Waals surface area contributed by atoms with E-state index in [-0.39, 0.29) is 26.5 Å². The second kappa shape index (κ2) is 7.26. The highest BCUT2D eigenvalue weighted by atomic mass is 35.5. The fourth-order valence-electron chi connectivity index (χ4n) is 1.88. The first kappa shape index (κ1) is 19.0. The first-order valence-electron chi connectivity index (χ1n) is 6.64. The monoisotopic (exact) mass is 403 g/mol. The molecule has 0 spiro atoms. The fraction of sp³-hybridized carbons (Fsp3) is 0.0714. The molecule has 0 fully saturated rings. The SMILES string of the molecule is CC(=O)Nc1ccc(NS(=O)(=O)c2ccc(Cl)c([N+](=O)[O-])c2)cc1Cl. The predicted octanol–water partition coefficient (Wildman–Crippen LogP) is 3.66. The molecule has 8 nitrogen and oxygen atoms in total. The number of nitrogens with one attached hydrogen (secondary N) is 2. The summed E-state index contributed by atoms with van der Waals surface area (Å²) in [5.74, 6) is -0.330. The molecule has 2 aromatic carbocycles. The molecular formula is C14H11Cl2N3O5S. The Morgan fingerprint density at radius 3 is 2.36 bits per heavy atom. The van der Waals surface area contributed by atoms with Crippen molar-refractivity contribution >= 4 is 56.2 Å². The van der Waals surface area contributed by atoms with E-state index in [9.17, 15) is 23.3 Å². The van der Waals surface area contributed by atoms with Crippen LogP contribution in [0.15, 0.2) is 41.3 Å². The zero-order valence-corrected chi connectivity index (χ0v) is 14.9. The molecule has 0 aromatic heterocycles. The van der Waals surface area contributed by atoms with Crippen LogP contribution in [0.3, 0.4) is 0 Å². The number of sulfonamides is 1. The van der Waals surface area contributed by atoms with Crippen LogP contribution in [-0.4, -0.2) is 19.2 Å². The average Bonchev–Trinajstić information content (AvgIpc) is 2.49. The minimum atomic E-state index is -4.10. The number of amides is 1. The maximum atomic E-state index is 12.4. The molecule has 0 saturated heterocycles. The summed E-state index contributed by atoms with van der Waals surface area (Å²) >= 11 is 11.7. The number of anilines is 2. The van der Waals surface area contributed by atoms with Gasteiger partial charge in [-0.2, -0.15) is 0 Å². The van der Waals surface area contributed by atoms with Crippen LogP contribution in [0.1, 0.15) is 6.92 Å².